The summed E-state index contributed by atoms with van der Waals surface area (Å²) >= 11 is 0. The lowest BCUT2D eigenvalue weighted by Gasteiger charge is -2.30. The molecular formula is C20H21N3O4. The van der Waals surface area contributed by atoms with Crippen molar-refractivity contribution in [3.05, 3.63) is 65.2 Å². The summed E-state index contributed by atoms with van der Waals surface area (Å²) in [5.74, 6) is -0.870. The van der Waals surface area contributed by atoms with Crippen LogP contribution in [0.5, 0.6) is 0 Å². The Morgan fingerprint density at radius 2 is 1.85 bits per heavy atom. The number of nitrogens with one attached hydrogen (secondary N) is 1. The van der Waals surface area contributed by atoms with E-state index in [0.29, 0.717) is 18.8 Å². The van der Waals surface area contributed by atoms with E-state index in [0.717, 1.165) is 12.0 Å². The maximum absolute atomic E-state index is 12.7. The van der Waals surface area contributed by atoms with Crippen molar-refractivity contribution in [2.45, 2.75) is 26.0 Å². The van der Waals surface area contributed by atoms with Crippen molar-refractivity contribution in [1.82, 2.24) is 4.90 Å². The molecule has 0 aromatic heterocycles. The van der Waals surface area contributed by atoms with Gasteiger partial charge < -0.3 is 20.7 Å². The Morgan fingerprint density at radius 3 is 2.59 bits per heavy atom. The maximum Gasteiger partial charge on any atom is 0.338 e. The van der Waals surface area contributed by atoms with Crippen molar-refractivity contribution in [2.24, 2.45) is 5.73 Å². The molecule has 1 aliphatic rings. The quantitative estimate of drug-likeness (QED) is 0.810. The third kappa shape index (κ3) is 4.44. The molecular weight excluding hydrogens is 346 g/mol. The molecule has 0 saturated heterocycles. The number of ether oxygens (including phenoxy) is 1. The van der Waals surface area contributed by atoms with Crippen molar-refractivity contribution < 1.29 is 19.1 Å². The van der Waals surface area contributed by atoms with Crippen LogP contribution in [0.3, 0.4) is 0 Å². The molecule has 27 heavy (non-hydrogen) atoms. The van der Waals surface area contributed by atoms with Crippen LogP contribution in [0.15, 0.2) is 48.5 Å². The van der Waals surface area contributed by atoms with Crippen LogP contribution < -0.4 is 11.1 Å². The number of urea groups is 1. The second kappa shape index (κ2) is 7.90. The van der Waals surface area contributed by atoms with Crippen molar-refractivity contribution >= 4 is 23.6 Å². The van der Waals surface area contributed by atoms with Gasteiger partial charge in [0.05, 0.1) is 5.56 Å². The van der Waals surface area contributed by atoms with E-state index in [9.17, 15) is 14.4 Å². The molecule has 2 aromatic rings. The largest absolute Gasteiger partial charge is 0.449 e. The summed E-state index contributed by atoms with van der Waals surface area (Å²) in [6.07, 6.45) is -0.126. The number of hydrogen-bond donors (Lipinski definition) is 2. The third-order valence-electron chi connectivity index (χ3n) is 4.44. The summed E-state index contributed by atoms with van der Waals surface area (Å²) in [6.45, 7) is 2.66. The number of amides is 3. The molecule has 0 unspecified atom stereocenters. The zero-order valence-electron chi connectivity index (χ0n) is 15.0. The number of benzene rings is 2. The van der Waals surface area contributed by atoms with Crippen LogP contribution in [0.25, 0.3) is 0 Å². The first-order chi connectivity index (χ1) is 12.9. The van der Waals surface area contributed by atoms with Gasteiger partial charge in [-0.3, -0.25) is 4.79 Å². The molecule has 0 spiro atoms. The van der Waals surface area contributed by atoms with Gasteiger partial charge in [0, 0.05) is 18.8 Å². The van der Waals surface area contributed by atoms with Gasteiger partial charge in [-0.15, -0.1) is 0 Å². The number of fused-ring (bicyclic) bond motifs is 1. The van der Waals surface area contributed by atoms with Crippen LogP contribution in [-0.2, 0) is 22.5 Å². The van der Waals surface area contributed by atoms with Gasteiger partial charge in [0.2, 0.25) is 0 Å². The Kier molecular flexibility index (Phi) is 5.40. The first kappa shape index (κ1) is 18.4. The van der Waals surface area contributed by atoms with Gasteiger partial charge in [-0.25, -0.2) is 9.59 Å². The number of primary amides is 1. The number of carbonyl (C=O) groups excluding carboxylic acids is 3. The zero-order valence-corrected chi connectivity index (χ0v) is 15.0. The molecule has 0 bridgehead atoms. The standard InChI is InChI=1S/C20H21N3O4/c1-13(18(24)23-10-9-14-5-2-3-6-16(14)12-23)27-19(25)15-7-4-8-17(11-15)22-20(21)26/h2-8,11,13H,9-10,12H2,1H3,(H3,21,22,26)/t13-/m0/s1. The Hall–Kier alpha value is -3.35. The highest BCUT2D eigenvalue weighted by Crippen LogP contribution is 2.20. The van der Waals surface area contributed by atoms with Gasteiger partial charge in [-0.1, -0.05) is 30.3 Å². The van der Waals surface area contributed by atoms with Crippen molar-refractivity contribution in [3.63, 3.8) is 0 Å². The second-order valence-electron chi connectivity index (χ2n) is 6.40. The third-order valence-corrected chi connectivity index (χ3v) is 4.44. The summed E-state index contributed by atoms with van der Waals surface area (Å²) in [5, 5.41) is 2.39. The van der Waals surface area contributed by atoms with Crippen molar-refractivity contribution in [2.75, 3.05) is 11.9 Å². The normalized spacial score (nSPS) is 14.0. The predicted molar refractivity (Wildman–Crippen MR) is 100 cm³/mol. The maximum atomic E-state index is 12.7. The molecule has 7 heteroatoms. The second-order valence-corrected chi connectivity index (χ2v) is 6.40. The average molecular weight is 367 g/mol. The molecule has 0 fully saturated rings. The average Bonchev–Trinajstić information content (AvgIpc) is 2.66. The smallest absolute Gasteiger partial charge is 0.338 e. The van der Waals surface area contributed by atoms with E-state index in [1.165, 1.54) is 11.6 Å². The fourth-order valence-electron chi connectivity index (χ4n) is 3.09. The minimum absolute atomic E-state index is 0.227. The van der Waals surface area contributed by atoms with Gasteiger partial charge >= 0.3 is 12.0 Å². The summed E-state index contributed by atoms with van der Waals surface area (Å²) in [7, 11) is 0. The molecule has 3 rings (SSSR count). The summed E-state index contributed by atoms with van der Waals surface area (Å²) in [5.41, 5.74) is 8.03. The molecule has 140 valence electrons. The Bertz CT molecular complexity index is 881. The molecule has 0 saturated carbocycles. The van der Waals surface area contributed by atoms with Crippen molar-refractivity contribution in [3.8, 4) is 0 Å². The molecule has 1 atom stereocenters. The number of carbonyl (C=O) groups is 3. The SMILES string of the molecule is C[C@H](OC(=O)c1cccc(NC(N)=O)c1)C(=O)N1CCc2ccccc2C1. The highest BCUT2D eigenvalue weighted by atomic mass is 16.5. The van der Waals surface area contributed by atoms with Gasteiger partial charge in [0.15, 0.2) is 6.10 Å². The predicted octanol–water partition coefficient (Wildman–Crippen LogP) is 2.31. The highest BCUT2D eigenvalue weighted by molar-refractivity contribution is 5.95. The zero-order chi connectivity index (χ0) is 19.4. The van der Waals surface area contributed by atoms with E-state index in [4.69, 9.17) is 10.5 Å². The molecule has 1 heterocycles. The van der Waals surface area contributed by atoms with Crippen LogP contribution in [0, 0.1) is 0 Å². The number of nitrogens with zero attached hydrogens (tertiary/aromatic N) is 1. The molecule has 7 nitrogen and oxygen atoms in total. The van der Waals surface area contributed by atoms with Gasteiger partial charge in [-0.2, -0.15) is 0 Å². The lowest BCUT2D eigenvalue weighted by Crippen LogP contribution is -2.42. The molecule has 0 aliphatic carbocycles. The van der Waals surface area contributed by atoms with E-state index in [-0.39, 0.29) is 11.5 Å². The summed E-state index contributed by atoms with van der Waals surface area (Å²) < 4.78 is 5.33. The fraction of sp³-hybridized carbons (Fsp3) is 0.250. The van der Waals surface area contributed by atoms with Crippen LogP contribution in [0.4, 0.5) is 10.5 Å². The summed E-state index contributed by atoms with van der Waals surface area (Å²) in [4.78, 5) is 37.6. The fourth-order valence-corrected chi connectivity index (χ4v) is 3.09. The molecule has 1 aliphatic heterocycles. The van der Waals surface area contributed by atoms with E-state index in [1.807, 2.05) is 18.2 Å². The number of hydrogen-bond acceptors (Lipinski definition) is 4. The van der Waals surface area contributed by atoms with Gasteiger partial charge in [-0.05, 0) is 42.7 Å². The van der Waals surface area contributed by atoms with Crippen LogP contribution in [-0.4, -0.2) is 35.5 Å². The van der Waals surface area contributed by atoms with Crippen molar-refractivity contribution in [1.29, 1.82) is 0 Å². The van der Waals surface area contributed by atoms with Crippen LogP contribution in [0.1, 0.15) is 28.4 Å². The molecule has 3 N–H and O–H groups in total. The van der Waals surface area contributed by atoms with E-state index in [2.05, 4.69) is 11.4 Å². The topological polar surface area (TPSA) is 102 Å². The van der Waals surface area contributed by atoms with Crippen LogP contribution in [0.2, 0.25) is 0 Å². The molecule has 3 amide bonds. The Labute approximate surface area is 157 Å². The number of rotatable bonds is 4. The Morgan fingerprint density at radius 1 is 1.11 bits per heavy atom. The van der Waals surface area contributed by atoms with E-state index < -0.39 is 18.1 Å². The number of esters is 1. The van der Waals surface area contributed by atoms with Crippen LogP contribution >= 0.6 is 0 Å². The van der Waals surface area contributed by atoms with E-state index in [1.54, 1.807) is 30.0 Å². The first-order valence-corrected chi connectivity index (χ1v) is 8.67. The van der Waals surface area contributed by atoms with Gasteiger partial charge in [0.1, 0.15) is 0 Å². The summed E-state index contributed by atoms with van der Waals surface area (Å²) in [6, 6.07) is 13.5. The minimum Gasteiger partial charge on any atom is -0.449 e. The molecule has 2 aromatic carbocycles. The first-order valence-electron chi connectivity index (χ1n) is 8.67. The van der Waals surface area contributed by atoms with Gasteiger partial charge in [0.25, 0.3) is 5.91 Å². The number of nitrogens with two attached hydrogens (primary N) is 1. The lowest BCUT2D eigenvalue weighted by atomic mass is 9.99. The Balaban J connectivity index is 1.63. The highest BCUT2D eigenvalue weighted by Gasteiger charge is 2.27. The number of anilines is 1. The monoisotopic (exact) mass is 367 g/mol. The lowest BCUT2D eigenvalue weighted by molar-refractivity contribution is -0.140. The molecule has 0 radical (unpaired) electrons. The minimum atomic E-state index is -0.907. The van der Waals surface area contributed by atoms with E-state index >= 15 is 0 Å².